The summed E-state index contributed by atoms with van der Waals surface area (Å²) in [5.74, 6) is 1.11. The van der Waals surface area contributed by atoms with Crippen LogP contribution in [-0.4, -0.2) is 25.4 Å². The lowest BCUT2D eigenvalue weighted by atomic mass is 10.2. The van der Waals surface area contributed by atoms with E-state index in [-0.39, 0.29) is 11.8 Å². The van der Waals surface area contributed by atoms with Gasteiger partial charge in [-0.05, 0) is 32.9 Å². The summed E-state index contributed by atoms with van der Waals surface area (Å²) >= 11 is 1.63. The molecule has 0 spiro atoms. The van der Waals surface area contributed by atoms with E-state index in [1.165, 1.54) is 5.56 Å². The fraction of sp³-hybridized carbons (Fsp3) is 0.400. The second-order valence-corrected chi connectivity index (χ2v) is 8.18. The van der Waals surface area contributed by atoms with Crippen LogP contribution in [0.3, 0.4) is 0 Å². The van der Waals surface area contributed by atoms with E-state index < -0.39 is 10.0 Å². The molecule has 0 saturated heterocycles. The van der Waals surface area contributed by atoms with Crippen molar-refractivity contribution in [3.8, 4) is 0 Å². The van der Waals surface area contributed by atoms with Gasteiger partial charge in [-0.15, -0.1) is 11.8 Å². The molecule has 0 amide bonds. The molecule has 0 unspecified atom stereocenters. The van der Waals surface area contributed by atoms with Gasteiger partial charge in [-0.3, -0.25) is 0 Å². The number of benzene rings is 1. The lowest BCUT2D eigenvalue weighted by molar-refractivity contribution is 0.392. The van der Waals surface area contributed by atoms with Crippen molar-refractivity contribution < 1.29 is 12.9 Å². The third-order valence-corrected chi connectivity index (χ3v) is 5.63. The molecule has 0 aliphatic carbocycles. The number of nitrogens with zero attached hydrogens (tertiary/aromatic N) is 1. The fourth-order valence-electron chi connectivity index (χ4n) is 1.92. The molecule has 0 saturated carbocycles. The SMILES string of the molecule is Cc1ccc(SC[C@@H](C)NS(=O)(=O)Cc2cc(C)on2)cc1. The molecule has 2 aromatic rings. The first-order valence-electron chi connectivity index (χ1n) is 6.96. The predicted octanol–water partition coefficient (Wildman–Crippen LogP) is 2.89. The fourth-order valence-corrected chi connectivity index (χ4v) is 4.18. The lowest BCUT2D eigenvalue weighted by Gasteiger charge is -2.13. The lowest BCUT2D eigenvalue weighted by Crippen LogP contribution is -2.35. The van der Waals surface area contributed by atoms with Crippen LogP contribution < -0.4 is 4.72 Å². The van der Waals surface area contributed by atoms with Gasteiger partial charge < -0.3 is 4.52 Å². The van der Waals surface area contributed by atoms with Crippen LogP contribution in [0.5, 0.6) is 0 Å². The first-order chi connectivity index (χ1) is 10.3. The van der Waals surface area contributed by atoms with E-state index in [4.69, 9.17) is 4.52 Å². The van der Waals surface area contributed by atoms with Crippen molar-refractivity contribution >= 4 is 21.8 Å². The Bertz CT molecular complexity index is 709. The Balaban J connectivity index is 1.85. The molecule has 1 N–H and O–H groups in total. The molecule has 7 heteroatoms. The third-order valence-electron chi connectivity index (χ3n) is 2.92. The molecule has 0 fully saturated rings. The van der Waals surface area contributed by atoms with Crippen molar-refractivity contribution in [2.75, 3.05) is 5.75 Å². The Morgan fingerprint density at radius 2 is 1.95 bits per heavy atom. The maximum Gasteiger partial charge on any atom is 0.217 e. The van der Waals surface area contributed by atoms with E-state index in [1.54, 1.807) is 24.8 Å². The molecule has 1 aromatic carbocycles. The number of hydrogen-bond donors (Lipinski definition) is 1. The highest BCUT2D eigenvalue weighted by atomic mass is 32.2. The van der Waals surface area contributed by atoms with Crippen LogP contribution in [-0.2, 0) is 15.8 Å². The van der Waals surface area contributed by atoms with Gasteiger partial charge in [0.2, 0.25) is 10.0 Å². The summed E-state index contributed by atoms with van der Waals surface area (Å²) < 4.78 is 31.7. The van der Waals surface area contributed by atoms with Crippen LogP contribution in [0.15, 0.2) is 39.8 Å². The topological polar surface area (TPSA) is 72.2 Å². The van der Waals surface area contributed by atoms with E-state index in [0.29, 0.717) is 17.2 Å². The minimum atomic E-state index is -3.42. The number of aryl methyl sites for hydroxylation is 2. The third kappa shape index (κ3) is 5.47. The van der Waals surface area contributed by atoms with Gasteiger partial charge >= 0.3 is 0 Å². The molecule has 0 aliphatic heterocycles. The maximum absolute atomic E-state index is 12.1. The number of hydrogen-bond acceptors (Lipinski definition) is 5. The van der Waals surface area contributed by atoms with Crippen molar-refractivity contribution in [3.05, 3.63) is 47.3 Å². The molecule has 2 rings (SSSR count). The zero-order valence-corrected chi connectivity index (χ0v) is 14.5. The van der Waals surface area contributed by atoms with Crippen LogP contribution in [0.1, 0.15) is 23.9 Å². The Morgan fingerprint density at radius 3 is 2.55 bits per heavy atom. The largest absolute Gasteiger partial charge is 0.361 e. The van der Waals surface area contributed by atoms with Gasteiger partial charge in [-0.2, -0.15) is 0 Å². The standard InChI is InChI=1S/C15H20N2O3S2/c1-11-4-6-15(7-5-11)21-9-12(2)17-22(18,19)10-14-8-13(3)20-16-14/h4-8,12,17H,9-10H2,1-3H3/t12-/m1/s1. The number of nitrogens with one attached hydrogen (secondary N) is 1. The number of aromatic nitrogens is 1. The molecule has 120 valence electrons. The van der Waals surface area contributed by atoms with Crippen molar-refractivity contribution in [2.45, 2.75) is 37.5 Å². The van der Waals surface area contributed by atoms with Gasteiger partial charge in [-0.25, -0.2) is 13.1 Å². The van der Waals surface area contributed by atoms with Crippen molar-refractivity contribution in [1.82, 2.24) is 9.88 Å². The molecule has 0 radical (unpaired) electrons. The number of rotatable bonds is 7. The van der Waals surface area contributed by atoms with Crippen molar-refractivity contribution in [2.24, 2.45) is 0 Å². The summed E-state index contributed by atoms with van der Waals surface area (Å²) in [7, 11) is -3.42. The summed E-state index contributed by atoms with van der Waals surface area (Å²) in [6, 6.07) is 9.64. The van der Waals surface area contributed by atoms with Gasteiger partial charge in [0.15, 0.2) is 0 Å². The Kier molecular flexibility index (Phi) is 5.66. The summed E-state index contributed by atoms with van der Waals surface area (Å²) in [4.78, 5) is 1.13. The van der Waals surface area contributed by atoms with E-state index >= 15 is 0 Å². The molecule has 0 aliphatic rings. The Hall–Kier alpha value is -1.31. The highest BCUT2D eigenvalue weighted by Gasteiger charge is 2.17. The Morgan fingerprint density at radius 1 is 1.27 bits per heavy atom. The molecule has 1 atom stereocenters. The highest BCUT2D eigenvalue weighted by Crippen LogP contribution is 2.19. The molecule has 0 bridgehead atoms. The van der Waals surface area contributed by atoms with Gasteiger partial charge in [0, 0.05) is 22.8 Å². The van der Waals surface area contributed by atoms with Crippen LogP contribution in [0.4, 0.5) is 0 Å². The predicted molar refractivity (Wildman–Crippen MR) is 88.4 cm³/mol. The zero-order valence-electron chi connectivity index (χ0n) is 12.9. The van der Waals surface area contributed by atoms with Crippen molar-refractivity contribution in [1.29, 1.82) is 0 Å². The highest BCUT2D eigenvalue weighted by molar-refractivity contribution is 7.99. The van der Waals surface area contributed by atoms with Crippen molar-refractivity contribution in [3.63, 3.8) is 0 Å². The van der Waals surface area contributed by atoms with E-state index in [0.717, 1.165) is 4.90 Å². The molecule has 22 heavy (non-hydrogen) atoms. The average Bonchev–Trinajstić information content (AvgIpc) is 2.82. The van der Waals surface area contributed by atoms with Gasteiger partial charge in [0.25, 0.3) is 0 Å². The summed E-state index contributed by atoms with van der Waals surface area (Å²) in [6.45, 7) is 5.63. The van der Waals surface area contributed by atoms with Crippen LogP contribution in [0.25, 0.3) is 0 Å². The van der Waals surface area contributed by atoms with E-state index in [2.05, 4.69) is 9.88 Å². The van der Waals surface area contributed by atoms with Crippen LogP contribution in [0, 0.1) is 13.8 Å². The quantitative estimate of drug-likeness (QED) is 0.785. The summed E-state index contributed by atoms with van der Waals surface area (Å²) in [6.07, 6.45) is 0. The smallest absolute Gasteiger partial charge is 0.217 e. The number of thioether (sulfide) groups is 1. The van der Waals surface area contributed by atoms with Crippen LogP contribution in [0.2, 0.25) is 0 Å². The molecular weight excluding hydrogens is 320 g/mol. The number of sulfonamides is 1. The minimum absolute atomic E-state index is 0.163. The molecule has 1 aromatic heterocycles. The maximum atomic E-state index is 12.1. The van der Waals surface area contributed by atoms with E-state index in [9.17, 15) is 8.42 Å². The first-order valence-corrected chi connectivity index (χ1v) is 9.59. The van der Waals surface area contributed by atoms with E-state index in [1.807, 2.05) is 38.1 Å². The van der Waals surface area contributed by atoms with Gasteiger partial charge in [-0.1, -0.05) is 22.9 Å². The minimum Gasteiger partial charge on any atom is -0.361 e. The molecule has 1 heterocycles. The summed E-state index contributed by atoms with van der Waals surface area (Å²) in [5, 5.41) is 3.71. The average molecular weight is 340 g/mol. The second-order valence-electron chi connectivity index (χ2n) is 5.33. The zero-order chi connectivity index (χ0) is 16.2. The van der Waals surface area contributed by atoms with Crippen LogP contribution >= 0.6 is 11.8 Å². The van der Waals surface area contributed by atoms with Gasteiger partial charge in [0.1, 0.15) is 17.2 Å². The first kappa shape index (κ1) is 17.1. The Labute approximate surface area is 135 Å². The van der Waals surface area contributed by atoms with Gasteiger partial charge in [0.05, 0.1) is 0 Å². The molecular formula is C15H20N2O3S2. The molecule has 5 nitrogen and oxygen atoms in total. The summed E-state index contributed by atoms with van der Waals surface area (Å²) in [5.41, 5.74) is 1.63. The second kappa shape index (κ2) is 7.30. The normalized spacial score (nSPS) is 13.2. The monoisotopic (exact) mass is 340 g/mol.